The van der Waals surface area contributed by atoms with Crippen LogP contribution in [-0.4, -0.2) is 34.3 Å². The van der Waals surface area contributed by atoms with Gasteiger partial charge in [-0.15, -0.1) is 0 Å². The van der Waals surface area contributed by atoms with E-state index in [-0.39, 0.29) is 5.41 Å². The summed E-state index contributed by atoms with van der Waals surface area (Å²) in [7, 11) is 1.79. The summed E-state index contributed by atoms with van der Waals surface area (Å²) in [6.07, 6.45) is 3.22. The second-order valence-corrected chi connectivity index (χ2v) is 7.04. The number of nitrogens with zero attached hydrogens (tertiary/aromatic N) is 4. The predicted octanol–water partition coefficient (Wildman–Crippen LogP) is 2.91. The van der Waals surface area contributed by atoms with Crippen molar-refractivity contribution in [2.24, 2.45) is 4.99 Å². The molecule has 0 fully saturated rings. The van der Waals surface area contributed by atoms with Crippen molar-refractivity contribution in [3.63, 3.8) is 0 Å². The lowest BCUT2D eigenvalue weighted by molar-refractivity contribution is 0.508. The molecule has 0 unspecified atom stereocenters. The Bertz CT molecular complexity index is 851. The molecule has 6 heteroatoms. The molecule has 0 saturated heterocycles. The summed E-state index contributed by atoms with van der Waals surface area (Å²) in [5, 5.41) is 10.9. The van der Waals surface area contributed by atoms with Crippen LogP contribution in [0.15, 0.2) is 72.2 Å². The smallest absolute Gasteiger partial charge is 0.191 e. The van der Waals surface area contributed by atoms with Crippen molar-refractivity contribution in [1.82, 2.24) is 25.4 Å². The van der Waals surface area contributed by atoms with Gasteiger partial charge in [0.2, 0.25) is 0 Å². The Kier molecular flexibility index (Phi) is 5.86. The minimum absolute atomic E-state index is 0.0122. The van der Waals surface area contributed by atoms with E-state index in [1.54, 1.807) is 18.1 Å². The number of rotatable bonds is 6. The van der Waals surface area contributed by atoms with Gasteiger partial charge in [-0.05, 0) is 23.3 Å². The SMILES string of the molecule is CN=C(NCc1ccc(-n2cncn2)cc1)NCC(C)(C)c1ccccc1. The maximum absolute atomic E-state index is 4.33. The fourth-order valence-electron chi connectivity index (χ4n) is 2.81. The van der Waals surface area contributed by atoms with Gasteiger partial charge in [0.25, 0.3) is 0 Å². The van der Waals surface area contributed by atoms with E-state index in [2.05, 4.69) is 76.0 Å². The van der Waals surface area contributed by atoms with E-state index >= 15 is 0 Å². The normalized spacial score (nSPS) is 12.0. The van der Waals surface area contributed by atoms with Crippen molar-refractivity contribution in [3.8, 4) is 5.69 Å². The van der Waals surface area contributed by atoms with E-state index in [9.17, 15) is 0 Å². The first-order chi connectivity index (χ1) is 13.1. The summed E-state index contributed by atoms with van der Waals surface area (Å²) >= 11 is 0. The number of hydrogen-bond acceptors (Lipinski definition) is 3. The van der Waals surface area contributed by atoms with Crippen LogP contribution in [0.3, 0.4) is 0 Å². The molecule has 0 atom stereocenters. The number of hydrogen-bond donors (Lipinski definition) is 2. The molecule has 0 bridgehead atoms. The minimum Gasteiger partial charge on any atom is -0.356 e. The zero-order valence-corrected chi connectivity index (χ0v) is 16.1. The average molecular weight is 362 g/mol. The van der Waals surface area contributed by atoms with Crippen molar-refractivity contribution in [1.29, 1.82) is 0 Å². The first kappa shape index (κ1) is 18.6. The minimum atomic E-state index is 0.0122. The van der Waals surface area contributed by atoms with Gasteiger partial charge in [-0.1, -0.05) is 56.3 Å². The van der Waals surface area contributed by atoms with Crippen LogP contribution >= 0.6 is 0 Å². The molecule has 0 radical (unpaired) electrons. The molecule has 0 aliphatic heterocycles. The number of nitrogens with one attached hydrogen (secondary N) is 2. The van der Waals surface area contributed by atoms with Crippen LogP contribution in [0.2, 0.25) is 0 Å². The zero-order chi connectivity index (χ0) is 19.1. The third-order valence-electron chi connectivity index (χ3n) is 4.56. The Morgan fingerprint density at radius 2 is 1.78 bits per heavy atom. The lowest BCUT2D eigenvalue weighted by atomic mass is 9.85. The standard InChI is InChI=1S/C21H26N6/c1-21(2,18-7-5-4-6-8-18)14-25-20(22-3)24-13-17-9-11-19(12-10-17)27-16-23-15-26-27/h4-12,15-16H,13-14H2,1-3H3,(H2,22,24,25). The summed E-state index contributed by atoms with van der Waals surface area (Å²) in [5.41, 5.74) is 3.47. The highest BCUT2D eigenvalue weighted by atomic mass is 15.3. The molecule has 0 spiro atoms. The van der Waals surface area contributed by atoms with Crippen molar-refractivity contribution >= 4 is 5.96 Å². The van der Waals surface area contributed by atoms with Crippen LogP contribution in [0, 0.1) is 0 Å². The molecular weight excluding hydrogens is 336 g/mol. The van der Waals surface area contributed by atoms with E-state index in [4.69, 9.17) is 0 Å². The monoisotopic (exact) mass is 362 g/mol. The number of aliphatic imine (C=N–C) groups is 1. The highest BCUT2D eigenvalue weighted by Crippen LogP contribution is 2.21. The Morgan fingerprint density at radius 3 is 2.41 bits per heavy atom. The Hall–Kier alpha value is -3.15. The summed E-state index contributed by atoms with van der Waals surface area (Å²) in [5.74, 6) is 0.791. The quantitative estimate of drug-likeness (QED) is 0.523. The molecule has 0 aliphatic carbocycles. The van der Waals surface area contributed by atoms with Gasteiger partial charge in [0.1, 0.15) is 12.7 Å². The molecule has 3 rings (SSSR count). The van der Waals surface area contributed by atoms with Gasteiger partial charge in [-0.25, -0.2) is 9.67 Å². The lowest BCUT2D eigenvalue weighted by Gasteiger charge is -2.26. The molecular formula is C21H26N6. The molecule has 2 N–H and O–H groups in total. The van der Waals surface area contributed by atoms with Gasteiger partial charge in [-0.2, -0.15) is 5.10 Å². The Labute approximate surface area is 160 Å². The molecule has 1 aromatic heterocycles. The molecule has 6 nitrogen and oxygen atoms in total. The molecule has 3 aromatic rings. The topological polar surface area (TPSA) is 67.1 Å². The fourth-order valence-corrected chi connectivity index (χ4v) is 2.81. The predicted molar refractivity (Wildman–Crippen MR) is 109 cm³/mol. The van der Waals surface area contributed by atoms with Gasteiger partial charge >= 0.3 is 0 Å². The second kappa shape index (κ2) is 8.49. The first-order valence-corrected chi connectivity index (χ1v) is 9.02. The first-order valence-electron chi connectivity index (χ1n) is 9.02. The zero-order valence-electron chi connectivity index (χ0n) is 16.1. The average Bonchev–Trinajstić information content (AvgIpc) is 3.24. The van der Waals surface area contributed by atoms with Crippen LogP contribution < -0.4 is 10.6 Å². The van der Waals surface area contributed by atoms with Crippen molar-refractivity contribution in [2.75, 3.05) is 13.6 Å². The molecule has 2 aromatic carbocycles. The van der Waals surface area contributed by atoms with E-state index in [1.165, 1.54) is 17.5 Å². The molecule has 27 heavy (non-hydrogen) atoms. The van der Waals surface area contributed by atoms with Gasteiger partial charge in [-0.3, -0.25) is 4.99 Å². The third kappa shape index (κ3) is 4.94. The van der Waals surface area contributed by atoms with Crippen molar-refractivity contribution in [2.45, 2.75) is 25.8 Å². The fraction of sp³-hybridized carbons (Fsp3) is 0.286. The molecule has 140 valence electrons. The number of guanidine groups is 1. The summed E-state index contributed by atoms with van der Waals surface area (Å²) in [6.45, 7) is 5.95. The van der Waals surface area contributed by atoms with Gasteiger partial charge in [0.15, 0.2) is 5.96 Å². The van der Waals surface area contributed by atoms with Gasteiger partial charge in [0, 0.05) is 25.6 Å². The highest BCUT2D eigenvalue weighted by Gasteiger charge is 2.20. The summed E-state index contributed by atoms with van der Waals surface area (Å²) in [4.78, 5) is 8.30. The van der Waals surface area contributed by atoms with Crippen LogP contribution in [-0.2, 0) is 12.0 Å². The lowest BCUT2D eigenvalue weighted by Crippen LogP contribution is -2.43. The van der Waals surface area contributed by atoms with Crippen LogP contribution in [0.4, 0.5) is 0 Å². The summed E-state index contributed by atoms with van der Waals surface area (Å²) < 4.78 is 1.74. The Morgan fingerprint density at radius 1 is 1.04 bits per heavy atom. The third-order valence-corrected chi connectivity index (χ3v) is 4.56. The summed E-state index contributed by atoms with van der Waals surface area (Å²) in [6, 6.07) is 18.7. The van der Waals surface area contributed by atoms with Gasteiger partial charge in [0.05, 0.1) is 5.69 Å². The van der Waals surface area contributed by atoms with Crippen LogP contribution in [0.1, 0.15) is 25.0 Å². The molecule has 0 saturated carbocycles. The highest BCUT2D eigenvalue weighted by molar-refractivity contribution is 5.79. The van der Waals surface area contributed by atoms with Crippen LogP contribution in [0.5, 0.6) is 0 Å². The Balaban J connectivity index is 1.53. The largest absolute Gasteiger partial charge is 0.356 e. The van der Waals surface area contributed by atoms with E-state index in [0.717, 1.165) is 18.2 Å². The maximum Gasteiger partial charge on any atom is 0.191 e. The van der Waals surface area contributed by atoms with Crippen molar-refractivity contribution in [3.05, 3.63) is 78.4 Å². The second-order valence-electron chi connectivity index (χ2n) is 7.04. The molecule has 1 heterocycles. The number of aromatic nitrogens is 3. The molecule has 0 amide bonds. The van der Waals surface area contributed by atoms with Gasteiger partial charge < -0.3 is 10.6 Å². The molecule has 0 aliphatic rings. The maximum atomic E-state index is 4.33. The van der Waals surface area contributed by atoms with Crippen LogP contribution in [0.25, 0.3) is 5.69 Å². The van der Waals surface area contributed by atoms with E-state index < -0.39 is 0 Å². The van der Waals surface area contributed by atoms with E-state index in [1.807, 2.05) is 18.2 Å². The van der Waals surface area contributed by atoms with Crippen molar-refractivity contribution < 1.29 is 0 Å². The van der Waals surface area contributed by atoms with E-state index in [0.29, 0.717) is 6.54 Å². The number of benzene rings is 2.